The maximum atomic E-state index is 12.2. The second-order valence-corrected chi connectivity index (χ2v) is 5.07. The molecule has 6 nitrogen and oxygen atoms in total. The normalized spacial score (nSPS) is 20.9. The number of hydrogen-bond donors (Lipinski definition) is 0. The monoisotopic (exact) mass is 307 g/mol. The summed E-state index contributed by atoms with van der Waals surface area (Å²) in [6.45, 7) is 2.43. The Hall–Kier alpha value is -2.24. The molecule has 22 heavy (non-hydrogen) atoms. The van der Waals surface area contributed by atoms with Crippen LogP contribution in [0.15, 0.2) is 18.2 Å². The van der Waals surface area contributed by atoms with E-state index in [0.717, 1.165) is 5.56 Å². The van der Waals surface area contributed by atoms with E-state index in [1.54, 1.807) is 31.3 Å². The van der Waals surface area contributed by atoms with Crippen molar-refractivity contribution in [2.24, 2.45) is 5.92 Å². The predicted octanol–water partition coefficient (Wildman–Crippen LogP) is 1.79. The molecule has 1 aliphatic heterocycles. The number of carbonyl (C=O) groups excluding carboxylic acids is 2. The highest BCUT2D eigenvalue weighted by Crippen LogP contribution is 2.41. The Bertz CT molecular complexity index is 570. The first-order valence-electron chi connectivity index (χ1n) is 7.16. The van der Waals surface area contributed by atoms with E-state index in [0.29, 0.717) is 18.0 Å². The van der Waals surface area contributed by atoms with Crippen LogP contribution in [0.3, 0.4) is 0 Å². The van der Waals surface area contributed by atoms with Crippen LogP contribution in [0, 0.1) is 5.92 Å². The summed E-state index contributed by atoms with van der Waals surface area (Å²) in [7, 11) is 4.45. The van der Waals surface area contributed by atoms with Crippen LogP contribution in [-0.4, -0.2) is 44.7 Å². The second-order valence-electron chi connectivity index (χ2n) is 5.07. The molecule has 0 N–H and O–H groups in total. The lowest BCUT2D eigenvalue weighted by molar-refractivity contribution is -0.146. The van der Waals surface area contributed by atoms with Crippen LogP contribution in [0.5, 0.6) is 11.5 Å². The van der Waals surface area contributed by atoms with Gasteiger partial charge in [-0.25, -0.2) is 0 Å². The molecule has 1 amide bonds. The quantitative estimate of drug-likeness (QED) is 0.776. The molecule has 0 aliphatic carbocycles. The van der Waals surface area contributed by atoms with Gasteiger partial charge in [0.05, 0.1) is 33.3 Å². The summed E-state index contributed by atoms with van der Waals surface area (Å²) < 4.78 is 15.4. The van der Waals surface area contributed by atoms with Gasteiger partial charge in [0.1, 0.15) is 0 Å². The highest BCUT2D eigenvalue weighted by molar-refractivity contribution is 5.88. The zero-order valence-electron chi connectivity index (χ0n) is 13.3. The zero-order chi connectivity index (χ0) is 16.3. The van der Waals surface area contributed by atoms with E-state index in [-0.39, 0.29) is 24.3 Å². The van der Waals surface area contributed by atoms with Crippen LogP contribution < -0.4 is 9.47 Å². The number of amides is 1. The minimum absolute atomic E-state index is 0.0438. The van der Waals surface area contributed by atoms with Crippen LogP contribution in [0.25, 0.3) is 0 Å². The average molecular weight is 307 g/mol. The predicted molar refractivity (Wildman–Crippen MR) is 79.8 cm³/mol. The molecule has 1 heterocycles. The minimum atomic E-state index is -0.504. The van der Waals surface area contributed by atoms with Gasteiger partial charge in [0.15, 0.2) is 11.5 Å². The molecule has 1 saturated heterocycles. The fourth-order valence-corrected chi connectivity index (χ4v) is 2.98. The van der Waals surface area contributed by atoms with Gasteiger partial charge in [-0.05, 0) is 24.6 Å². The molecule has 0 spiro atoms. The smallest absolute Gasteiger partial charge is 0.311 e. The number of hydrogen-bond acceptors (Lipinski definition) is 5. The number of likely N-dealkylation sites (tertiary alicyclic amines) is 1. The van der Waals surface area contributed by atoms with Crippen LogP contribution in [0.2, 0.25) is 0 Å². The average Bonchev–Trinajstić information content (AvgIpc) is 2.89. The van der Waals surface area contributed by atoms with Crippen LogP contribution >= 0.6 is 0 Å². The van der Waals surface area contributed by atoms with E-state index in [4.69, 9.17) is 14.2 Å². The maximum Gasteiger partial charge on any atom is 0.311 e. The first-order valence-corrected chi connectivity index (χ1v) is 7.16. The molecule has 120 valence electrons. The number of esters is 1. The van der Waals surface area contributed by atoms with Crippen molar-refractivity contribution in [3.05, 3.63) is 23.8 Å². The van der Waals surface area contributed by atoms with Crippen molar-refractivity contribution < 1.29 is 23.8 Å². The molecule has 0 aromatic heterocycles. The summed E-state index contributed by atoms with van der Waals surface area (Å²) in [5.41, 5.74) is 0.834. The molecular weight excluding hydrogens is 286 g/mol. The van der Waals surface area contributed by atoms with Gasteiger partial charge in [-0.3, -0.25) is 9.59 Å². The highest BCUT2D eigenvalue weighted by Gasteiger charge is 2.44. The van der Waals surface area contributed by atoms with Crippen LogP contribution in [0.4, 0.5) is 0 Å². The van der Waals surface area contributed by atoms with Gasteiger partial charge in [-0.15, -0.1) is 0 Å². The van der Waals surface area contributed by atoms with Crippen molar-refractivity contribution in [1.29, 1.82) is 0 Å². The zero-order valence-corrected chi connectivity index (χ0v) is 13.3. The van der Waals surface area contributed by atoms with Gasteiger partial charge in [0, 0.05) is 13.0 Å². The molecule has 1 aromatic carbocycles. The van der Waals surface area contributed by atoms with E-state index < -0.39 is 5.92 Å². The number of carbonyl (C=O) groups is 2. The molecule has 1 aromatic rings. The van der Waals surface area contributed by atoms with Crippen LogP contribution in [-0.2, 0) is 14.3 Å². The van der Waals surface area contributed by atoms with Crippen molar-refractivity contribution >= 4 is 11.9 Å². The Labute approximate surface area is 129 Å². The SMILES string of the molecule is CCN1C(=O)C[C@@H](C(=O)OC)[C@@H]1c1ccc(OC)c(OC)c1. The molecule has 0 bridgehead atoms. The van der Waals surface area contributed by atoms with Crippen molar-refractivity contribution in [3.63, 3.8) is 0 Å². The van der Waals surface area contributed by atoms with Gasteiger partial charge in [0.25, 0.3) is 0 Å². The molecule has 1 aliphatic rings. The maximum absolute atomic E-state index is 12.2. The lowest BCUT2D eigenvalue weighted by Gasteiger charge is -2.27. The Balaban J connectivity index is 2.45. The van der Waals surface area contributed by atoms with Gasteiger partial charge >= 0.3 is 5.97 Å². The summed E-state index contributed by atoms with van der Waals surface area (Å²) >= 11 is 0. The van der Waals surface area contributed by atoms with Crippen molar-refractivity contribution in [2.45, 2.75) is 19.4 Å². The standard InChI is InChI=1S/C16H21NO5/c1-5-17-14(18)9-11(16(19)22-4)15(17)10-6-7-12(20-2)13(8-10)21-3/h6-8,11,15H,5,9H2,1-4H3/t11-,15+/m1/s1. The van der Waals surface area contributed by atoms with Gasteiger partial charge in [0.2, 0.25) is 5.91 Å². The number of benzene rings is 1. The second kappa shape index (κ2) is 6.68. The fraction of sp³-hybridized carbons (Fsp3) is 0.500. The summed E-state index contributed by atoms with van der Waals surface area (Å²) in [4.78, 5) is 25.9. The summed E-state index contributed by atoms with van der Waals surface area (Å²) in [6.07, 6.45) is 0.166. The van der Waals surface area contributed by atoms with E-state index in [2.05, 4.69) is 0 Å². The van der Waals surface area contributed by atoms with Crippen molar-refractivity contribution in [3.8, 4) is 11.5 Å². The van der Waals surface area contributed by atoms with Crippen LogP contribution in [0.1, 0.15) is 24.9 Å². The molecule has 0 saturated carbocycles. The number of nitrogens with zero attached hydrogens (tertiary/aromatic N) is 1. The highest BCUT2D eigenvalue weighted by atomic mass is 16.5. The lowest BCUT2D eigenvalue weighted by Crippen LogP contribution is -2.30. The summed E-state index contributed by atoms with van der Waals surface area (Å²) in [5, 5.41) is 0. The fourth-order valence-electron chi connectivity index (χ4n) is 2.98. The van der Waals surface area contributed by atoms with Gasteiger partial charge in [-0.2, -0.15) is 0 Å². The van der Waals surface area contributed by atoms with E-state index >= 15 is 0 Å². The third kappa shape index (κ3) is 2.73. The molecule has 6 heteroatoms. The van der Waals surface area contributed by atoms with E-state index in [9.17, 15) is 9.59 Å². The first kappa shape index (κ1) is 16.1. The molecule has 2 rings (SSSR count). The number of ether oxygens (including phenoxy) is 3. The lowest BCUT2D eigenvalue weighted by atomic mass is 9.93. The Morgan fingerprint density at radius 2 is 1.91 bits per heavy atom. The topological polar surface area (TPSA) is 65.1 Å². The molecule has 2 atom stereocenters. The Kier molecular flexibility index (Phi) is 4.90. The van der Waals surface area contributed by atoms with Crippen molar-refractivity contribution in [1.82, 2.24) is 4.90 Å². The third-order valence-corrected chi connectivity index (χ3v) is 4.03. The number of methoxy groups -OCH3 is 3. The minimum Gasteiger partial charge on any atom is -0.493 e. The summed E-state index contributed by atoms with van der Waals surface area (Å²) in [5.74, 6) is 0.254. The van der Waals surface area contributed by atoms with Crippen molar-refractivity contribution in [2.75, 3.05) is 27.9 Å². The third-order valence-electron chi connectivity index (χ3n) is 4.03. The largest absolute Gasteiger partial charge is 0.493 e. The summed E-state index contributed by atoms with van der Waals surface area (Å²) in [6, 6.07) is 5.09. The molecule has 0 unspecified atom stereocenters. The van der Waals surface area contributed by atoms with E-state index in [1.807, 2.05) is 13.0 Å². The number of rotatable bonds is 5. The molecule has 0 radical (unpaired) electrons. The molecule has 1 fully saturated rings. The van der Waals surface area contributed by atoms with Gasteiger partial charge < -0.3 is 19.1 Å². The molecular formula is C16H21NO5. The first-order chi connectivity index (χ1) is 10.6. The van der Waals surface area contributed by atoms with E-state index in [1.165, 1.54) is 7.11 Å². The Morgan fingerprint density at radius 3 is 2.45 bits per heavy atom. The Morgan fingerprint density at radius 1 is 1.23 bits per heavy atom. The van der Waals surface area contributed by atoms with Gasteiger partial charge in [-0.1, -0.05) is 6.07 Å².